The van der Waals surface area contributed by atoms with Crippen molar-refractivity contribution >= 4 is 5.69 Å². The summed E-state index contributed by atoms with van der Waals surface area (Å²) in [6.45, 7) is 5.69. The predicted molar refractivity (Wildman–Crippen MR) is 62.2 cm³/mol. The van der Waals surface area contributed by atoms with Crippen molar-refractivity contribution in [2.75, 3.05) is 31.7 Å². The Morgan fingerprint density at radius 2 is 2.06 bits per heavy atom. The Hall–Kier alpha value is -1.42. The number of fused-ring (bicyclic) bond motifs is 1. The number of hydrogen-bond donors (Lipinski definition) is 2. The lowest BCUT2D eigenvalue weighted by Gasteiger charge is -2.27. The van der Waals surface area contributed by atoms with E-state index in [1.807, 2.05) is 12.1 Å². The van der Waals surface area contributed by atoms with Crippen molar-refractivity contribution in [3.05, 3.63) is 17.7 Å². The topological polar surface area (TPSA) is 42.5 Å². The zero-order valence-corrected chi connectivity index (χ0v) is 9.38. The van der Waals surface area contributed by atoms with Crippen LogP contribution in [0.5, 0.6) is 11.5 Å². The second-order valence-corrected chi connectivity index (χ2v) is 4.43. The van der Waals surface area contributed by atoms with E-state index in [0.29, 0.717) is 6.79 Å². The fourth-order valence-electron chi connectivity index (χ4n) is 1.98. The number of aryl methyl sites for hydroxylation is 1. The molecule has 0 bridgehead atoms. The number of benzene rings is 1. The third kappa shape index (κ3) is 1.69. The summed E-state index contributed by atoms with van der Waals surface area (Å²) in [6.07, 6.45) is 0. The van der Waals surface area contributed by atoms with E-state index in [4.69, 9.17) is 9.47 Å². The molecule has 2 aliphatic rings. The van der Waals surface area contributed by atoms with E-state index >= 15 is 0 Å². The normalized spacial score (nSPS) is 18.3. The Labute approximate surface area is 94.9 Å². The molecule has 0 radical (unpaired) electrons. The molecule has 86 valence electrons. The van der Waals surface area contributed by atoms with E-state index in [2.05, 4.69) is 17.6 Å². The summed E-state index contributed by atoms with van der Waals surface area (Å²) in [6, 6.07) is 4.06. The number of nitrogens with one attached hydrogen (secondary N) is 2. The fourth-order valence-corrected chi connectivity index (χ4v) is 1.98. The number of ether oxygens (including phenoxy) is 2. The highest BCUT2D eigenvalue weighted by Gasteiger charge is 2.18. The molecule has 2 aliphatic heterocycles. The Kier molecular flexibility index (Phi) is 2.36. The first-order chi connectivity index (χ1) is 7.83. The van der Waals surface area contributed by atoms with Crippen molar-refractivity contribution in [1.82, 2.24) is 5.32 Å². The molecule has 2 N–H and O–H groups in total. The summed E-state index contributed by atoms with van der Waals surface area (Å²) in [5.74, 6) is 2.46. The minimum absolute atomic E-state index is 0.338. The lowest BCUT2D eigenvalue weighted by Crippen LogP contribution is -2.45. The van der Waals surface area contributed by atoms with Crippen LogP contribution >= 0.6 is 0 Å². The molecule has 0 aliphatic carbocycles. The minimum atomic E-state index is 0.338. The van der Waals surface area contributed by atoms with E-state index in [1.165, 1.54) is 5.56 Å². The van der Waals surface area contributed by atoms with Crippen LogP contribution in [0.25, 0.3) is 0 Å². The molecule has 0 saturated carbocycles. The maximum atomic E-state index is 5.37. The standard InChI is InChI=1S/C12H16N2O2/c1-8-2-11-12(16-7-15-11)3-10(8)14-6-9-4-13-5-9/h2-3,9,13-14H,4-7H2,1H3. The third-order valence-electron chi connectivity index (χ3n) is 3.17. The molecule has 4 nitrogen and oxygen atoms in total. The molecule has 2 heterocycles. The highest BCUT2D eigenvalue weighted by molar-refractivity contribution is 5.60. The Balaban J connectivity index is 1.73. The smallest absolute Gasteiger partial charge is 0.231 e. The van der Waals surface area contributed by atoms with Gasteiger partial charge in [0.05, 0.1) is 0 Å². The maximum Gasteiger partial charge on any atom is 0.231 e. The van der Waals surface area contributed by atoms with Gasteiger partial charge in [-0.3, -0.25) is 0 Å². The molecule has 0 unspecified atom stereocenters. The Bertz CT molecular complexity index is 402. The van der Waals surface area contributed by atoms with Gasteiger partial charge in [-0.25, -0.2) is 0 Å². The van der Waals surface area contributed by atoms with Crippen LogP contribution in [0.3, 0.4) is 0 Å². The monoisotopic (exact) mass is 220 g/mol. The van der Waals surface area contributed by atoms with Crippen LogP contribution in [0.2, 0.25) is 0 Å². The van der Waals surface area contributed by atoms with Gasteiger partial charge in [0, 0.05) is 37.3 Å². The molecular weight excluding hydrogens is 204 g/mol. The number of rotatable bonds is 3. The van der Waals surface area contributed by atoms with Crippen LogP contribution in [0.4, 0.5) is 5.69 Å². The number of hydrogen-bond acceptors (Lipinski definition) is 4. The van der Waals surface area contributed by atoms with Gasteiger partial charge in [-0.05, 0) is 18.6 Å². The Morgan fingerprint density at radius 3 is 2.75 bits per heavy atom. The van der Waals surface area contributed by atoms with E-state index < -0.39 is 0 Å². The van der Waals surface area contributed by atoms with Crippen molar-refractivity contribution in [2.45, 2.75) is 6.92 Å². The van der Waals surface area contributed by atoms with Crippen molar-refractivity contribution in [3.8, 4) is 11.5 Å². The molecule has 1 saturated heterocycles. The molecule has 1 aromatic rings. The van der Waals surface area contributed by atoms with Crippen molar-refractivity contribution in [1.29, 1.82) is 0 Å². The molecule has 3 rings (SSSR count). The Morgan fingerprint density at radius 1 is 1.31 bits per heavy atom. The summed E-state index contributed by atoms with van der Waals surface area (Å²) in [7, 11) is 0. The SMILES string of the molecule is Cc1cc2c(cc1NCC1CNC1)OCO2. The second kappa shape index (κ2) is 3.87. The van der Waals surface area contributed by atoms with Gasteiger partial charge in [0.2, 0.25) is 6.79 Å². The van der Waals surface area contributed by atoms with Gasteiger partial charge < -0.3 is 20.1 Å². The van der Waals surface area contributed by atoms with E-state index in [9.17, 15) is 0 Å². The summed E-state index contributed by atoms with van der Waals surface area (Å²) in [5, 5.41) is 6.74. The zero-order chi connectivity index (χ0) is 11.0. The first-order valence-electron chi connectivity index (χ1n) is 5.68. The lowest BCUT2D eigenvalue weighted by atomic mass is 10.0. The van der Waals surface area contributed by atoms with Gasteiger partial charge >= 0.3 is 0 Å². The molecular formula is C12H16N2O2. The van der Waals surface area contributed by atoms with Gasteiger partial charge in [0.1, 0.15) is 0 Å². The fraction of sp³-hybridized carbons (Fsp3) is 0.500. The molecule has 4 heteroatoms. The lowest BCUT2D eigenvalue weighted by molar-refractivity contribution is 0.174. The molecule has 0 spiro atoms. The van der Waals surface area contributed by atoms with Crippen LogP contribution < -0.4 is 20.1 Å². The van der Waals surface area contributed by atoms with Crippen LogP contribution in [-0.4, -0.2) is 26.4 Å². The van der Waals surface area contributed by atoms with Gasteiger partial charge in [-0.1, -0.05) is 0 Å². The molecule has 0 amide bonds. The van der Waals surface area contributed by atoms with Gasteiger partial charge in [-0.2, -0.15) is 0 Å². The van der Waals surface area contributed by atoms with Crippen LogP contribution in [0, 0.1) is 12.8 Å². The molecule has 0 aromatic heterocycles. The zero-order valence-electron chi connectivity index (χ0n) is 9.38. The first kappa shape index (κ1) is 9.78. The average Bonchev–Trinajstić information content (AvgIpc) is 2.62. The van der Waals surface area contributed by atoms with Crippen molar-refractivity contribution in [2.24, 2.45) is 5.92 Å². The highest BCUT2D eigenvalue weighted by Crippen LogP contribution is 2.36. The van der Waals surface area contributed by atoms with Crippen LogP contribution in [0.15, 0.2) is 12.1 Å². The van der Waals surface area contributed by atoms with E-state index in [-0.39, 0.29) is 0 Å². The second-order valence-electron chi connectivity index (χ2n) is 4.43. The van der Waals surface area contributed by atoms with E-state index in [0.717, 1.165) is 42.7 Å². The third-order valence-corrected chi connectivity index (χ3v) is 3.17. The van der Waals surface area contributed by atoms with Gasteiger partial charge in [0.15, 0.2) is 11.5 Å². The van der Waals surface area contributed by atoms with Crippen molar-refractivity contribution in [3.63, 3.8) is 0 Å². The average molecular weight is 220 g/mol. The number of anilines is 1. The molecule has 0 atom stereocenters. The van der Waals surface area contributed by atoms with Crippen molar-refractivity contribution < 1.29 is 9.47 Å². The summed E-state index contributed by atoms with van der Waals surface area (Å²) in [4.78, 5) is 0. The summed E-state index contributed by atoms with van der Waals surface area (Å²) >= 11 is 0. The molecule has 1 aromatic carbocycles. The van der Waals surface area contributed by atoms with Crippen LogP contribution in [0.1, 0.15) is 5.56 Å². The summed E-state index contributed by atoms with van der Waals surface area (Å²) in [5.41, 5.74) is 2.35. The molecule has 1 fully saturated rings. The highest BCUT2D eigenvalue weighted by atomic mass is 16.7. The van der Waals surface area contributed by atoms with Gasteiger partial charge in [0.25, 0.3) is 0 Å². The minimum Gasteiger partial charge on any atom is -0.454 e. The predicted octanol–water partition coefficient (Wildman–Crippen LogP) is 1.36. The summed E-state index contributed by atoms with van der Waals surface area (Å²) < 4.78 is 10.7. The van der Waals surface area contributed by atoms with Crippen LogP contribution in [-0.2, 0) is 0 Å². The molecule has 16 heavy (non-hydrogen) atoms. The van der Waals surface area contributed by atoms with E-state index in [1.54, 1.807) is 0 Å². The maximum absolute atomic E-state index is 5.37. The largest absolute Gasteiger partial charge is 0.454 e. The van der Waals surface area contributed by atoms with Gasteiger partial charge in [-0.15, -0.1) is 0 Å². The quantitative estimate of drug-likeness (QED) is 0.807. The first-order valence-corrected chi connectivity index (χ1v) is 5.68.